The van der Waals surface area contributed by atoms with E-state index in [9.17, 15) is 22.4 Å². The van der Waals surface area contributed by atoms with Gasteiger partial charge < -0.3 is 10.6 Å². The molecule has 2 fully saturated rings. The molecule has 4 nitrogen and oxygen atoms in total. The summed E-state index contributed by atoms with van der Waals surface area (Å²) in [7, 11) is 0. The molecule has 2 saturated carbocycles. The number of benzene rings is 2. The van der Waals surface area contributed by atoms with Crippen molar-refractivity contribution < 1.29 is 22.4 Å². The zero-order chi connectivity index (χ0) is 26.2. The normalized spacial score (nSPS) is 22.5. The molecule has 194 valence electrons. The first-order valence-electron chi connectivity index (χ1n) is 12.3. The largest absolute Gasteiger partial charge is 0.416 e. The second-order valence-corrected chi connectivity index (χ2v) is 10.5. The first-order valence-corrected chi connectivity index (χ1v) is 12.6. The van der Waals surface area contributed by atoms with Crippen molar-refractivity contribution in [2.45, 2.75) is 49.9 Å². The number of amides is 2. The number of alkyl halides is 3. The minimum absolute atomic E-state index is 0.00963. The molecular weight excluding hydrogens is 506 g/mol. The average molecular weight is 532 g/mol. The van der Waals surface area contributed by atoms with Gasteiger partial charge in [-0.2, -0.15) is 13.2 Å². The van der Waals surface area contributed by atoms with Crippen molar-refractivity contribution in [3.8, 4) is 0 Å². The standard InChI is InChI=1S/C28H26ClF4N3O/c29-22-8-9-25(34-16-22)27(15-17-4-2-1-3-5-17,20-12-21(28(31,32)33)14-23(30)13-20)36-26(37)35-24-11-18-6-7-19(24)10-18/h1-5,8-9,12-14,16,18-19,24H,6-7,10-11,15H2,(H2,35,36,37)/t18-,19+,24-,27-/m1/s1. The van der Waals surface area contributed by atoms with Gasteiger partial charge in [0.05, 0.1) is 16.3 Å². The molecule has 0 unspecified atom stereocenters. The lowest BCUT2D eigenvalue weighted by molar-refractivity contribution is -0.137. The van der Waals surface area contributed by atoms with Gasteiger partial charge in [0.25, 0.3) is 0 Å². The molecule has 0 saturated heterocycles. The van der Waals surface area contributed by atoms with E-state index in [-0.39, 0.29) is 23.7 Å². The summed E-state index contributed by atoms with van der Waals surface area (Å²) in [5, 5.41) is 6.29. The van der Waals surface area contributed by atoms with E-state index in [1.54, 1.807) is 36.4 Å². The summed E-state index contributed by atoms with van der Waals surface area (Å²) in [6.45, 7) is 0. The number of nitrogens with zero attached hydrogens (tertiary/aromatic N) is 1. The van der Waals surface area contributed by atoms with E-state index in [2.05, 4.69) is 15.6 Å². The molecule has 2 N–H and O–H groups in total. The number of nitrogens with one attached hydrogen (secondary N) is 2. The summed E-state index contributed by atoms with van der Waals surface area (Å²) in [4.78, 5) is 17.9. The van der Waals surface area contributed by atoms with Gasteiger partial charge in [0.1, 0.15) is 11.4 Å². The van der Waals surface area contributed by atoms with E-state index >= 15 is 0 Å². The molecule has 0 aliphatic heterocycles. The van der Waals surface area contributed by atoms with Gasteiger partial charge in [-0.25, -0.2) is 9.18 Å². The van der Waals surface area contributed by atoms with Crippen molar-refractivity contribution >= 4 is 17.6 Å². The van der Waals surface area contributed by atoms with Crippen LogP contribution in [0.15, 0.2) is 66.9 Å². The van der Waals surface area contributed by atoms with Crippen LogP contribution in [0.3, 0.4) is 0 Å². The third-order valence-corrected chi connectivity index (χ3v) is 7.80. The maximum atomic E-state index is 14.7. The average Bonchev–Trinajstić information content (AvgIpc) is 3.47. The number of hydrogen-bond donors (Lipinski definition) is 2. The number of aromatic nitrogens is 1. The molecule has 2 bridgehead atoms. The van der Waals surface area contributed by atoms with Gasteiger partial charge >= 0.3 is 12.2 Å². The van der Waals surface area contributed by atoms with E-state index in [0.29, 0.717) is 22.9 Å². The highest BCUT2D eigenvalue weighted by Gasteiger charge is 2.43. The van der Waals surface area contributed by atoms with Gasteiger partial charge in [0.15, 0.2) is 0 Å². The molecule has 1 aromatic heterocycles. The molecular formula is C28H26ClF4N3O. The number of fused-ring (bicyclic) bond motifs is 2. The van der Waals surface area contributed by atoms with Gasteiger partial charge in [0.2, 0.25) is 0 Å². The van der Waals surface area contributed by atoms with Gasteiger partial charge in [0, 0.05) is 18.7 Å². The van der Waals surface area contributed by atoms with Crippen molar-refractivity contribution in [3.63, 3.8) is 0 Å². The molecule has 1 heterocycles. The topological polar surface area (TPSA) is 54.0 Å². The summed E-state index contributed by atoms with van der Waals surface area (Å²) in [5.41, 5.74) is -1.87. The van der Waals surface area contributed by atoms with Crippen LogP contribution >= 0.6 is 11.6 Å². The second kappa shape index (κ2) is 9.97. The number of rotatable bonds is 6. The quantitative estimate of drug-likeness (QED) is 0.341. The Morgan fingerprint density at radius 1 is 1.00 bits per heavy atom. The van der Waals surface area contributed by atoms with Crippen LogP contribution < -0.4 is 10.6 Å². The fourth-order valence-corrected chi connectivity index (χ4v) is 5.98. The lowest BCUT2D eigenvalue weighted by atomic mass is 9.79. The van der Waals surface area contributed by atoms with Crippen LogP contribution in [0, 0.1) is 17.7 Å². The van der Waals surface area contributed by atoms with E-state index in [1.807, 2.05) is 6.07 Å². The van der Waals surface area contributed by atoms with Crippen LogP contribution in [-0.4, -0.2) is 17.1 Å². The number of urea groups is 1. The molecule has 2 aliphatic carbocycles. The first kappa shape index (κ1) is 25.5. The monoisotopic (exact) mass is 531 g/mol. The van der Waals surface area contributed by atoms with Gasteiger partial charge in [-0.3, -0.25) is 4.98 Å². The fourth-order valence-electron chi connectivity index (χ4n) is 5.87. The van der Waals surface area contributed by atoms with Crippen molar-refractivity contribution in [1.29, 1.82) is 0 Å². The van der Waals surface area contributed by atoms with Crippen LogP contribution in [-0.2, 0) is 18.1 Å². The molecule has 0 spiro atoms. The predicted octanol–water partition coefficient (Wildman–Crippen LogP) is 6.87. The van der Waals surface area contributed by atoms with Crippen LogP contribution in [0.25, 0.3) is 0 Å². The summed E-state index contributed by atoms with van der Waals surface area (Å²) < 4.78 is 55.9. The van der Waals surface area contributed by atoms with Crippen molar-refractivity contribution in [1.82, 2.24) is 15.6 Å². The molecule has 2 aromatic carbocycles. The van der Waals surface area contributed by atoms with Crippen LogP contribution in [0.2, 0.25) is 5.02 Å². The SMILES string of the molecule is O=C(N[C@@H]1C[C@@H]2CC[C@H]1C2)N[C@](Cc1ccccc1)(c1cc(F)cc(C(F)(F)F)c1)c1ccc(Cl)cn1. The predicted molar refractivity (Wildman–Crippen MR) is 132 cm³/mol. The highest BCUT2D eigenvalue weighted by Crippen LogP contribution is 2.44. The zero-order valence-electron chi connectivity index (χ0n) is 19.9. The molecule has 2 amide bonds. The number of carbonyl (C=O) groups excluding carboxylic acids is 1. The number of halogens is 5. The summed E-state index contributed by atoms with van der Waals surface area (Å²) >= 11 is 6.06. The highest BCUT2D eigenvalue weighted by molar-refractivity contribution is 6.30. The van der Waals surface area contributed by atoms with Crippen LogP contribution in [0.1, 0.15) is 48.1 Å². The van der Waals surface area contributed by atoms with E-state index in [4.69, 9.17) is 11.6 Å². The highest BCUT2D eigenvalue weighted by atomic mass is 35.5. The maximum absolute atomic E-state index is 14.7. The summed E-state index contributed by atoms with van der Waals surface area (Å²) in [5.74, 6) is -0.0923. The first-order chi connectivity index (χ1) is 17.6. The molecule has 5 rings (SSSR count). The second-order valence-electron chi connectivity index (χ2n) is 10.0. The molecule has 3 aromatic rings. The van der Waals surface area contributed by atoms with Gasteiger partial charge in [-0.05, 0) is 72.6 Å². The van der Waals surface area contributed by atoms with Crippen LogP contribution in [0.4, 0.5) is 22.4 Å². The van der Waals surface area contributed by atoms with E-state index in [0.717, 1.165) is 43.4 Å². The molecule has 37 heavy (non-hydrogen) atoms. The third-order valence-electron chi connectivity index (χ3n) is 7.58. The minimum atomic E-state index is -4.78. The molecule has 4 atom stereocenters. The van der Waals surface area contributed by atoms with Crippen molar-refractivity contribution in [2.75, 3.05) is 0 Å². The lowest BCUT2D eigenvalue weighted by Gasteiger charge is -2.36. The van der Waals surface area contributed by atoms with Crippen LogP contribution in [0.5, 0.6) is 0 Å². The molecule has 0 radical (unpaired) electrons. The lowest BCUT2D eigenvalue weighted by Crippen LogP contribution is -2.55. The van der Waals surface area contributed by atoms with Gasteiger partial charge in [-0.1, -0.05) is 48.4 Å². The van der Waals surface area contributed by atoms with E-state index < -0.39 is 29.1 Å². The minimum Gasteiger partial charge on any atom is -0.335 e. The Balaban J connectivity index is 1.62. The summed E-state index contributed by atoms with van der Waals surface area (Å²) in [6, 6.07) is 13.9. The fraction of sp³-hybridized carbons (Fsp3) is 0.357. The Hall–Kier alpha value is -3.13. The van der Waals surface area contributed by atoms with E-state index in [1.165, 1.54) is 6.20 Å². The molecule has 2 aliphatic rings. The Morgan fingerprint density at radius 2 is 1.76 bits per heavy atom. The maximum Gasteiger partial charge on any atom is 0.416 e. The number of pyridine rings is 1. The zero-order valence-corrected chi connectivity index (χ0v) is 20.6. The Morgan fingerprint density at radius 3 is 2.38 bits per heavy atom. The van der Waals surface area contributed by atoms with Gasteiger partial charge in [-0.15, -0.1) is 0 Å². The number of hydrogen-bond acceptors (Lipinski definition) is 2. The van der Waals surface area contributed by atoms with Crippen molar-refractivity contribution in [2.24, 2.45) is 11.8 Å². The third kappa shape index (κ3) is 5.44. The molecule has 9 heteroatoms. The summed E-state index contributed by atoms with van der Waals surface area (Å²) in [6.07, 6.45) is 0.749. The Kier molecular flexibility index (Phi) is 6.88. The smallest absolute Gasteiger partial charge is 0.335 e. The Labute approximate surface area is 217 Å². The number of carbonyl (C=O) groups is 1. The van der Waals surface area contributed by atoms with Crippen molar-refractivity contribution in [3.05, 3.63) is 100 Å². The Bertz CT molecular complexity index is 1270.